The molecular formula is C15H23NO. The van der Waals surface area contributed by atoms with Gasteiger partial charge in [-0.15, -0.1) is 0 Å². The molecule has 1 aliphatic rings. The molecule has 1 saturated carbocycles. The Morgan fingerprint density at radius 2 is 1.76 bits per heavy atom. The van der Waals surface area contributed by atoms with Crippen LogP contribution in [0.5, 0.6) is 5.75 Å². The van der Waals surface area contributed by atoms with Crippen molar-refractivity contribution >= 4 is 5.69 Å². The van der Waals surface area contributed by atoms with Gasteiger partial charge in [0.2, 0.25) is 0 Å². The summed E-state index contributed by atoms with van der Waals surface area (Å²) in [5.74, 6) is 2.35. The first-order valence-electron chi connectivity index (χ1n) is 6.69. The molecule has 2 N–H and O–H groups in total. The summed E-state index contributed by atoms with van der Waals surface area (Å²) >= 11 is 0. The van der Waals surface area contributed by atoms with Crippen molar-refractivity contribution in [3.05, 3.63) is 24.3 Å². The number of benzene rings is 1. The van der Waals surface area contributed by atoms with Gasteiger partial charge in [0.1, 0.15) is 11.9 Å². The lowest BCUT2D eigenvalue weighted by atomic mass is 9.79. The number of hydrogen-bond acceptors (Lipinski definition) is 2. The van der Waals surface area contributed by atoms with E-state index >= 15 is 0 Å². The first-order valence-corrected chi connectivity index (χ1v) is 6.69. The van der Waals surface area contributed by atoms with Crippen LogP contribution in [0.1, 0.15) is 39.5 Å². The monoisotopic (exact) mass is 233 g/mol. The molecule has 0 aliphatic heterocycles. The number of nitrogens with two attached hydrogens (primary N) is 1. The van der Waals surface area contributed by atoms with Crippen molar-refractivity contribution in [3.63, 3.8) is 0 Å². The maximum atomic E-state index is 6.13. The molecule has 1 aliphatic carbocycles. The molecule has 17 heavy (non-hydrogen) atoms. The van der Waals surface area contributed by atoms with Crippen molar-refractivity contribution in [3.8, 4) is 5.75 Å². The van der Waals surface area contributed by atoms with Crippen LogP contribution in [0.2, 0.25) is 0 Å². The van der Waals surface area contributed by atoms with Gasteiger partial charge in [0, 0.05) is 5.69 Å². The Labute approximate surface area is 104 Å². The predicted octanol–water partition coefficient (Wildman–Crippen LogP) is 3.86. The second kappa shape index (κ2) is 5.44. The molecule has 2 atom stereocenters. The number of hydrogen-bond donors (Lipinski definition) is 1. The smallest absolute Gasteiger partial charge is 0.119 e. The van der Waals surface area contributed by atoms with Crippen LogP contribution in [0.15, 0.2) is 24.3 Å². The third kappa shape index (κ3) is 3.15. The average Bonchev–Trinajstić information content (AvgIpc) is 2.32. The van der Waals surface area contributed by atoms with Crippen LogP contribution >= 0.6 is 0 Å². The first kappa shape index (κ1) is 12.3. The Hall–Kier alpha value is -1.18. The van der Waals surface area contributed by atoms with Gasteiger partial charge in [-0.3, -0.25) is 0 Å². The maximum Gasteiger partial charge on any atom is 0.119 e. The second-order valence-corrected chi connectivity index (χ2v) is 5.42. The highest BCUT2D eigenvalue weighted by Gasteiger charge is 2.28. The number of rotatable bonds is 3. The fourth-order valence-electron chi connectivity index (χ4n) is 2.76. The lowest BCUT2D eigenvalue weighted by molar-refractivity contribution is 0.0663. The molecule has 1 aromatic rings. The molecule has 2 heteroatoms. The molecule has 2 unspecified atom stereocenters. The fraction of sp³-hybridized carbons (Fsp3) is 0.600. The fourth-order valence-corrected chi connectivity index (χ4v) is 2.76. The summed E-state index contributed by atoms with van der Waals surface area (Å²) in [5, 5.41) is 0. The van der Waals surface area contributed by atoms with Crippen molar-refractivity contribution in [1.29, 1.82) is 0 Å². The summed E-state index contributed by atoms with van der Waals surface area (Å²) in [6.07, 6.45) is 5.52. The lowest BCUT2D eigenvalue weighted by Crippen LogP contribution is -2.33. The number of anilines is 1. The number of nitrogen functional groups attached to an aromatic ring is 1. The van der Waals surface area contributed by atoms with Crippen molar-refractivity contribution < 1.29 is 4.74 Å². The van der Waals surface area contributed by atoms with Gasteiger partial charge in [-0.25, -0.2) is 0 Å². The van der Waals surface area contributed by atoms with Crippen molar-refractivity contribution in [1.82, 2.24) is 0 Å². The van der Waals surface area contributed by atoms with Gasteiger partial charge in [-0.2, -0.15) is 0 Å². The van der Waals surface area contributed by atoms with E-state index in [1.807, 2.05) is 24.3 Å². The molecule has 0 spiro atoms. The van der Waals surface area contributed by atoms with Crippen LogP contribution in [0.25, 0.3) is 0 Å². The van der Waals surface area contributed by atoms with Crippen molar-refractivity contribution in [2.24, 2.45) is 11.8 Å². The molecule has 0 aromatic heterocycles. The molecule has 0 saturated heterocycles. The van der Waals surface area contributed by atoms with E-state index in [1.54, 1.807) is 0 Å². The molecule has 0 radical (unpaired) electrons. The Morgan fingerprint density at radius 1 is 1.12 bits per heavy atom. The van der Waals surface area contributed by atoms with E-state index in [0.717, 1.165) is 11.4 Å². The normalized spacial score (nSPS) is 24.9. The van der Waals surface area contributed by atoms with Crippen LogP contribution in [0.4, 0.5) is 5.69 Å². The predicted molar refractivity (Wildman–Crippen MR) is 72.1 cm³/mol. The molecule has 0 heterocycles. The highest BCUT2D eigenvalue weighted by atomic mass is 16.5. The lowest BCUT2D eigenvalue weighted by Gasteiger charge is -2.34. The van der Waals surface area contributed by atoms with E-state index in [1.165, 1.54) is 25.7 Å². The molecule has 94 valence electrons. The topological polar surface area (TPSA) is 35.2 Å². The Bertz CT molecular complexity index is 344. The van der Waals surface area contributed by atoms with E-state index < -0.39 is 0 Å². The third-order valence-electron chi connectivity index (χ3n) is 3.78. The minimum Gasteiger partial charge on any atom is -0.490 e. The molecule has 0 amide bonds. The van der Waals surface area contributed by atoms with E-state index in [4.69, 9.17) is 10.5 Å². The Balaban J connectivity index is 2.02. The maximum absolute atomic E-state index is 6.13. The molecular weight excluding hydrogens is 210 g/mol. The summed E-state index contributed by atoms with van der Waals surface area (Å²) in [7, 11) is 0. The minimum absolute atomic E-state index is 0.382. The molecule has 1 fully saturated rings. The summed E-state index contributed by atoms with van der Waals surface area (Å²) in [4.78, 5) is 0. The summed E-state index contributed by atoms with van der Waals surface area (Å²) in [6.45, 7) is 4.60. The third-order valence-corrected chi connectivity index (χ3v) is 3.78. The standard InChI is InChI=1S/C15H23NO/c1-11(2)14-5-3-4-6-15(14)17-13-9-7-12(16)8-10-13/h7-11,14-15H,3-6,16H2,1-2H3. The zero-order chi connectivity index (χ0) is 12.3. The van der Waals surface area contributed by atoms with E-state index in [-0.39, 0.29) is 0 Å². The van der Waals surface area contributed by atoms with Crippen molar-refractivity contribution in [2.75, 3.05) is 5.73 Å². The summed E-state index contributed by atoms with van der Waals surface area (Å²) in [6, 6.07) is 7.76. The van der Waals surface area contributed by atoms with Crippen molar-refractivity contribution in [2.45, 2.75) is 45.6 Å². The SMILES string of the molecule is CC(C)C1CCCCC1Oc1ccc(N)cc1. The molecule has 2 rings (SSSR count). The highest BCUT2D eigenvalue weighted by Crippen LogP contribution is 2.33. The largest absolute Gasteiger partial charge is 0.490 e. The van der Waals surface area contributed by atoms with Crippen LogP contribution < -0.4 is 10.5 Å². The van der Waals surface area contributed by atoms with Gasteiger partial charge in [0.05, 0.1) is 0 Å². The first-order chi connectivity index (χ1) is 8.16. The van der Waals surface area contributed by atoms with Crippen LogP contribution in [-0.2, 0) is 0 Å². The summed E-state index contributed by atoms with van der Waals surface area (Å²) in [5.41, 5.74) is 6.47. The van der Waals surface area contributed by atoms with E-state index in [9.17, 15) is 0 Å². The Kier molecular flexibility index (Phi) is 3.93. The molecule has 0 bridgehead atoms. The Morgan fingerprint density at radius 3 is 2.41 bits per heavy atom. The molecule has 2 nitrogen and oxygen atoms in total. The second-order valence-electron chi connectivity index (χ2n) is 5.42. The van der Waals surface area contributed by atoms with E-state index in [2.05, 4.69) is 13.8 Å². The highest BCUT2D eigenvalue weighted by molar-refractivity contribution is 5.41. The van der Waals surface area contributed by atoms with Gasteiger partial charge in [0.15, 0.2) is 0 Å². The van der Waals surface area contributed by atoms with Crippen LogP contribution in [0, 0.1) is 11.8 Å². The van der Waals surface area contributed by atoms with Gasteiger partial charge in [-0.1, -0.05) is 20.3 Å². The van der Waals surface area contributed by atoms with Gasteiger partial charge in [-0.05, 0) is 55.4 Å². The zero-order valence-electron chi connectivity index (χ0n) is 10.9. The average molecular weight is 233 g/mol. The van der Waals surface area contributed by atoms with Gasteiger partial charge < -0.3 is 10.5 Å². The summed E-state index contributed by atoms with van der Waals surface area (Å²) < 4.78 is 6.13. The van der Waals surface area contributed by atoms with Crippen LogP contribution in [0.3, 0.4) is 0 Å². The molecule has 1 aromatic carbocycles. The minimum atomic E-state index is 0.382. The zero-order valence-corrected chi connectivity index (χ0v) is 10.9. The van der Waals surface area contributed by atoms with Gasteiger partial charge >= 0.3 is 0 Å². The number of ether oxygens (including phenoxy) is 1. The quantitative estimate of drug-likeness (QED) is 0.804. The van der Waals surface area contributed by atoms with Gasteiger partial charge in [0.25, 0.3) is 0 Å². The van der Waals surface area contributed by atoms with E-state index in [0.29, 0.717) is 17.9 Å². The van der Waals surface area contributed by atoms with Crippen LogP contribution in [-0.4, -0.2) is 6.10 Å².